The highest BCUT2D eigenvalue weighted by molar-refractivity contribution is 5.84. The Labute approximate surface area is 61.2 Å². The second kappa shape index (κ2) is 3.44. The maximum absolute atomic E-state index is 5.54. The van der Waals surface area contributed by atoms with Crippen LogP contribution in [-0.4, -0.2) is 12.4 Å². The summed E-state index contributed by atoms with van der Waals surface area (Å²) < 4.78 is 0. The van der Waals surface area contributed by atoms with Crippen LogP contribution in [0.2, 0.25) is 0 Å². The molecule has 0 saturated heterocycles. The zero-order valence-corrected chi connectivity index (χ0v) is 6.34. The highest BCUT2D eigenvalue weighted by atomic mass is 16.6. The first-order chi connectivity index (χ1) is 4.84. The van der Waals surface area contributed by atoms with Crippen molar-refractivity contribution >= 4 is 5.84 Å². The van der Waals surface area contributed by atoms with Crippen LogP contribution in [0.25, 0.3) is 0 Å². The van der Waals surface area contributed by atoms with Crippen molar-refractivity contribution in [2.45, 2.75) is 26.2 Å². The quantitative estimate of drug-likeness (QED) is 0.276. The van der Waals surface area contributed by atoms with Gasteiger partial charge in [0.2, 0.25) is 0 Å². The molecule has 1 rings (SSSR count). The van der Waals surface area contributed by atoms with Crippen LogP contribution >= 0.6 is 0 Å². The fourth-order valence-corrected chi connectivity index (χ4v) is 0.665. The topological polar surface area (TPSA) is 47.6 Å². The molecule has 0 amide bonds. The second-order valence-electron chi connectivity index (χ2n) is 2.62. The molecule has 58 valence electrons. The number of rotatable bonds is 4. The van der Waals surface area contributed by atoms with E-state index in [2.05, 4.69) is 5.16 Å². The molecule has 3 heteroatoms. The summed E-state index contributed by atoms with van der Waals surface area (Å²) in [4.78, 5) is 4.91. The van der Waals surface area contributed by atoms with E-state index in [-0.39, 0.29) is 0 Å². The molecule has 0 unspecified atom stereocenters. The zero-order chi connectivity index (χ0) is 7.40. The Hall–Kier alpha value is -0.730. The van der Waals surface area contributed by atoms with Gasteiger partial charge in [0.15, 0.2) is 0 Å². The van der Waals surface area contributed by atoms with Gasteiger partial charge in [-0.05, 0) is 19.3 Å². The predicted octanol–water partition coefficient (Wildman–Crippen LogP) is 1.10. The summed E-state index contributed by atoms with van der Waals surface area (Å²) in [5.41, 5.74) is 5.54. The first-order valence-corrected chi connectivity index (χ1v) is 3.80. The van der Waals surface area contributed by atoms with Gasteiger partial charge in [-0.1, -0.05) is 12.1 Å². The Bertz CT molecular complexity index is 130. The minimum Gasteiger partial charge on any atom is -0.394 e. The summed E-state index contributed by atoms with van der Waals surface area (Å²) >= 11 is 0. The molecular formula is C7H14N2O. The van der Waals surface area contributed by atoms with Crippen molar-refractivity contribution in [3.63, 3.8) is 0 Å². The fraction of sp³-hybridized carbons (Fsp3) is 0.857. The molecule has 1 aliphatic carbocycles. The standard InChI is InChI=1S/C7H14N2O/c1-2-5-10-9-7(8)6-3-4-6/h6H,2-5H2,1H3,(H2,8,9). The average Bonchev–Trinajstić information content (AvgIpc) is 2.69. The first kappa shape index (κ1) is 7.38. The van der Waals surface area contributed by atoms with E-state index in [1.165, 1.54) is 12.8 Å². The Morgan fingerprint density at radius 1 is 1.70 bits per heavy atom. The Kier molecular flexibility index (Phi) is 2.54. The molecule has 3 nitrogen and oxygen atoms in total. The summed E-state index contributed by atoms with van der Waals surface area (Å²) in [6, 6.07) is 0. The molecule has 1 fully saturated rings. The van der Waals surface area contributed by atoms with Gasteiger partial charge in [0.05, 0.1) is 0 Å². The number of nitrogens with zero attached hydrogens (tertiary/aromatic N) is 1. The molecule has 0 radical (unpaired) electrons. The van der Waals surface area contributed by atoms with Crippen LogP contribution in [0.1, 0.15) is 26.2 Å². The Morgan fingerprint density at radius 2 is 2.40 bits per heavy atom. The second-order valence-corrected chi connectivity index (χ2v) is 2.62. The van der Waals surface area contributed by atoms with Crippen molar-refractivity contribution in [2.24, 2.45) is 16.8 Å². The van der Waals surface area contributed by atoms with E-state index in [0.717, 1.165) is 6.42 Å². The zero-order valence-electron chi connectivity index (χ0n) is 6.34. The van der Waals surface area contributed by atoms with Crippen molar-refractivity contribution in [3.8, 4) is 0 Å². The van der Waals surface area contributed by atoms with Gasteiger partial charge in [-0.3, -0.25) is 0 Å². The minimum atomic E-state index is 0.525. The summed E-state index contributed by atoms with van der Waals surface area (Å²) in [6.45, 7) is 2.72. The van der Waals surface area contributed by atoms with E-state index in [1.807, 2.05) is 6.92 Å². The van der Waals surface area contributed by atoms with Gasteiger partial charge in [0.25, 0.3) is 0 Å². The van der Waals surface area contributed by atoms with Crippen molar-refractivity contribution in [3.05, 3.63) is 0 Å². The average molecular weight is 142 g/mol. The minimum absolute atomic E-state index is 0.525. The SMILES string of the molecule is CCCO/N=C(/N)C1CC1. The molecule has 0 bridgehead atoms. The number of oxime groups is 1. The maximum atomic E-state index is 5.54. The molecule has 1 saturated carbocycles. The number of nitrogens with two attached hydrogens (primary N) is 1. The molecule has 0 spiro atoms. The Morgan fingerprint density at radius 3 is 2.90 bits per heavy atom. The predicted molar refractivity (Wildman–Crippen MR) is 40.6 cm³/mol. The molecule has 0 aliphatic heterocycles. The van der Waals surface area contributed by atoms with E-state index in [0.29, 0.717) is 18.4 Å². The van der Waals surface area contributed by atoms with E-state index in [1.54, 1.807) is 0 Å². The lowest BCUT2D eigenvalue weighted by molar-refractivity contribution is 0.144. The van der Waals surface area contributed by atoms with Crippen molar-refractivity contribution in [1.82, 2.24) is 0 Å². The van der Waals surface area contributed by atoms with Gasteiger partial charge in [0.1, 0.15) is 12.4 Å². The third-order valence-electron chi connectivity index (χ3n) is 1.46. The molecule has 0 aromatic carbocycles. The first-order valence-electron chi connectivity index (χ1n) is 3.80. The van der Waals surface area contributed by atoms with Gasteiger partial charge < -0.3 is 10.6 Å². The van der Waals surface area contributed by atoms with Crippen LogP contribution in [0.3, 0.4) is 0 Å². The van der Waals surface area contributed by atoms with Crippen molar-refractivity contribution < 1.29 is 4.84 Å². The van der Waals surface area contributed by atoms with Crippen LogP contribution < -0.4 is 5.73 Å². The molecule has 0 aromatic heterocycles. The van der Waals surface area contributed by atoms with Crippen LogP contribution in [0.4, 0.5) is 0 Å². The van der Waals surface area contributed by atoms with Gasteiger partial charge in [-0.15, -0.1) is 0 Å². The third-order valence-corrected chi connectivity index (χ3v) is 1.46. The largest absolute Gasteiger partial charge is 0.394 e. The van der Waals surface area contributed by atoms with Crippen molar-refractivity contribution in [1.29, 1.82) is 0 Å². The lowest BCUT2D eigenvalue weighted by Gasteiger charge is -1.96. The van der Waals surface area contributed by atoms with Crippen LogP contribution in [-0.2, 0) is 4.84 Å². The molecule has 2 N–H and O–H groups in total. The summed E-state index contributed by atoms with van der Waals surface area (Å²) in [5, 5.41) is 3.77. The molecule has 0 heterocycles. The lowest BCUT2D eigenvalue weighted by Crippen LogP contribution is -2.14. The number of amidine groups is 1. The summed E-state index contributed by atoms with van der Waals surface area (Å²) in [7, 11) is 0. The van der Waals surface area contributed by atoms with E-state index in [4.69, 9.17) is 10.6 Å². The van der Waals surface area contributed by atoms with Crippen molar-refractivity contribution in [2.75, 3.05) is 6.61 Å². The highest BCUT2D eigenvalue weighted by Gasteiger charge is 2.25. The normalized spacial score (nSPS) is 19.1. The molecular weight excluding hydrogens is 128 g/mol. The molecule has 0 aromatic rings. The third kappa shape index (κ3) is 2.25. The van der Waals surface area contributed by atoms with Gasteiger partial charge in [-0.25, -0.2) is 0 Å². The summed E-state index contributed by atoms with van der Waals surface area (Å²) in [6.07, 6.45) is 3.36. The van der Waals surface area contributed by atoms with Gasteiger partial charge in [-0.2, -0.15) is 0 Å². The lowest BCUT2D eigenvalue weighted by atomic mass is 10.4. The molecule has 10 heavy (non-hydrogen) atoms. The summed E-state index contributed by atoms with van der Waals surface area (Å²) in [5.74, 6) is 1.20. The number of hydrogen-bond acceptors (Lipinski definition) is 2. The smallest absolute Gasteiger partial charge is 0.142 e. The van der Waals surface area contributed by atoms with Crippen LogP contribution in [0.5, 0.6) is 0 Å². The van der Waals surface area contributed by atoms with E-state index < -0.39 is 0 Å². The maximum Gasteiger partial charge on any atom is 0.142 e. The van der Waals surface area contributed by atoms with Crippen LogP contribution in [0, 0.1) is 5.92 Å². The monoisotopic (exact) mass is 142 g/mol. The molecule has 1 aliphatic rings. The highest BCUT2D eigenvalue weighted by Crippen LogP contribution is 2.28. The van der Waals surface area contributed by atoms with Gasteiger partial charge >= 0.3 is 0 Å². The fourth-order valence-electron chi connectivity index (χ4n) is 0.665. The van der Waals surface area contributed by atoms with Crippen LogP contribution in [0.15, 0.2) is 5.16 Å². The van der Waals surface area contributed by atoms with E-state index in [9.17, 15) is 0 Å². The van der Waals surface area contributed by atoms with E-state index >= 15 is 0 Å². The van der Waals surface area contributed by atoms with Gasteiger partial charge in [0, 0.05) is 5.92 Å². The molecule has 0 atom stereocenters. The number of hydrogen-bond donors (Lipinski definition) is 1. The Balaban J connectivity index is 2.11.